The van der Waals surface area contributed by atoms with Gasteiger partial charge in [0.05, 0.1) is 22.4 Å². The molecular formula is C22H21Cl2FN4. The topological polar surface area (TPSA) is 41.1 Å². The molecule has 1 N–H and O–H groups in total. The van der Waals surface area contributed by atoms with Crippen LogP contribution in [0.15, 0.2) is 60.9 Å². The molecule has 1 fully saturated rings. The van der Waals surface area contributed by atoms with Gasteiger partial charge < -0.3 is 5.32 Å². The monoisotopic (exact) mass is 430 g/mol. The van der Waals surface area contributed by atoms with E-state index in [1.807, 2.05) is 24.3 Å². The quantitative estimate of drug-likeness (QED) is 0.579. The number of hydrogen-bond donors (Lipinski definition) is 1. The summed E-state index contributed by atoms with van der Waals surface area (Å²) in [6.45, 7) is 3.42. The van der Waals surface area contributed by atoms with Gasteiger partial charge in [0.2, 0.25) is 5.95 Å². The van der Waals surface area contributed by atoms with Crippen LogP contribution in [0.5, 0.6) is 0 Å². The molecule has 0 spiro atoms. The number of nitrogens with zero attached hydrogens (tertiary/aromatic N) is 3. The average Bonchev–Trinajstić information content (AvgIpc) is 3.13. The number of rotatable bonds is 6. The minimum absolute atomic E-state index is 0.293. The van der Waals surface area contributed by atoms with Crippen LogP contribution in [0.25, 0.3) is 0 Å². The highest BCUT2D eigenvalue weighted by Gasteiger charge is 2.34. The van der Waals surface area contributed by atoms with Crippen LogP contribution in [0.3, 0.4) is 0 Å². The summed E-state index contributed by atoms with van der Waals surface area (Å²) in [4.78, 5) is 10.4. The van der Waals surface area contributed by atoms with Crippen molar-refractivity contribution in [1.82, 2.24) is 14.9 Å². The maximum absolute atomic E-state index is 13.1. The number of likely N-dealkylation sites (tertiary alicyclic amines) is 1. The molecule has 2 aromatic carbocycles. The van der Waals surface area contributed by atoms with Gasteiger partial charge in [-0.1, -0.05) is 59.6 Å². The standard InChI is InChI=1S/C22H21Cl2FN4/c23-20-7-6-16(8-21(20)24)19-14-29(12-15-4-2-1-3-5-15)13-17(19)9-26-22-27-10-18(25)11-28-22/h1-8,10-11,17,19H,9,12-14H2,(H,26,27,28). The molecule has 0 radical (unpaired) electrons. The summed E-state index contributed by atoms with van der Waals surface area (Å²) in [5, 5.41) is 4.38. The third kappa shape index (κ3) is 5.04. The fourth-order valence-corrected chi connectivity index (χ4v) is 4.19. The van der Waals surface area contributed by atoms with Crippen molar-refractivity contribution in [3.05, 3.63) is 87.9 Å². The van der Waals surface area contributed by atoms with Gasteiger partial charge in [-0.05, 0) is 29.2 Å². The zero-order chi connectivity index (χ0) is 20.2. The Labute approximate surface area is 179 Å². The lowest BCUT2D eigenvalue weighted by Crippen LogP contribution is -2.23. The molecule has 4 rings (SSSR count). The van der Waals surface area contributed by atoms with Crippen molar-refractivity contribution in [3.63, 3.8) is 0 Å². The predicted octanol–water partition coefficient (Wildman–Crippen LogP) is 5.25. The molecule has 0 amide bonds. The molecule has 1 aromatic heterocycles. The van der Waals surface area contributed by atoms with Crippen LogP contribution in [-0.4, -0.2) is 34.5 Å². The van der Waals surface area contributed by atoms with E-state index >= 15 is 0 Å². The highest BCUT2D eigenvalue weighted by molar-refractivity contribution is 6.42. The normalized spacial score (nSPS) is 19.4. The molecule has 1 aliphatic heterocycles. The number of halogens is 3. The molecule has 29 heavy (non-hydrogen) atoms. The maximum atomic E-state index is 13.1. The molecule has 150 valence electrons. The summed E-state index contributed by atoms with van der Waals surface area (Å²) >= 11 is 12.4. The lowest BCUT2D eigenvalue weighted by atomic mass is 9.89. The Hall–Kier alpha value is -2.21. The summed E-state index contributed by atoms with van der Waals surface area (Å²) in [7, 11) is 0. The molecule has 3 aromatic rings. The van der Waals surface area contributed by atoms with E-state index in [1.54, 1.807) is 0 Å². The van der Waals surface area contributed by atoms with E-state index < -0.39 is 5.82 Å². The van der Waals surface area contributed by atoms with Crippen LogP contribution >= 0.6 is 23.2 Å². The molecule has 1 saturated heterocycles. The second kappa shape index (κ2) is 9.08. The van der Waals surface area contributed by atoms with E-state index in [0.29, 0.717) is 34.4 Å². The highest BCUT2D eigenvalue weighted by Crippen LogP contribution is 2.36. The Morgan fingerprint density at radius 1 is 1.00 bits per heavy atom. The zero-order valence-electron chi connectivity index (χ0n) is 15.7. The molecule has 4 nitrogen and oxygen atoms in total. The highest BCUT2D eigenvalue weighted by atomic mass is 35.5. The van der Waals surface area contributed by atoms with Gasteiger partial charge in [0.1, 0.15) is 0 Å². The van der Waals surface area contributed by atoms with Crippen LogP contribution in [0.2, 0.25) is 10.0 Å². The van der Waals surface area contributed by atoms with Crippen LogP contribution in [0, 0.1) is 11.7 Å². The first-order valence-electron chi connectivity index (χ1n) is 9.51. The van der Waals surface area contributed by atoms with Crippen molar-refractivity contribution in [2.24, 2.45) is 5.92 Å². The van der Waals surface area contributed by atoms with Gasteiger partial charge >= 0.3 is 0 Å². The molecule has 0 bridgehead atoms. The zero-order valence-corrected chi connectivity index (χ0v) is 17.2. The third-order valence-electron chi connectivity index (χ3n) is 5.28. The number of nitrogens with one attached hydrogen (secondary N) is 1. The number of benzene rings is 2. The molecule has 2 unspecified atom stereocenters. The van der Waals surface area contributed by atoms with Crippen molar-refractivity contribution in [1.29, 1.82) is 0 Å². The lowest BCUT2D eigenvalue weighted by molar-refractivity contribution is 0.317. The van der Waals surface area contributed by atoms with Gasteiger partial charge in [0.15, 0.2) is 5.82 Å². The minimum atomic E-state index is -0.445. The lowest BCUT2D eigenvalue weighted by Gasteiger charge is -2.19. The van der Waals surface area contributed by atoms with Gasteiger partial charge in [0, 0.05) is 32.1 Å². The summed E-state index contributed by atoms with van der Waals surface area (Å²) in [6, 6.07) is 16.3. The number of hydrogen-bond acceptors (Lipinski definition) is 4. The second-order valence-corrected chi connectivity index (χ2v) is 8.14. The average molecular weight is 431 g/mol. The van der Waals surface area contributed by atoms with Crippen LogP contribution in [-0.2, 0) is 6.54 Å². The second-order valence-electron chi connectivity index (χ2n) is 7.33. The third-order valence-corrected chi connectivity index (χ3v) is 6.02. The molecule has 2 atom stereocenters. The van der Waals surface area contributed by atoms with E-state index in [2.05, 4.69) is 44.5 Å². The van der Waals surface area contributed by atoms with Crippen molar-refractivity contribution >= 4 is 29.2 Å². The first-order valence-corrected chi connectivity index (χ1v) is 10.3. The van der Waals surface area contributed by atoms with E-state index in [1.165, 1.54) is 23.5 Å². The predicted molar refractivity (Wildman–Crippen MR) is 115 cm³/mol. The fraction of sp³-hybridized carbons (Fsp3) is 0.273. The fourth-order valence-electron chi connectivity index (χ4n) is 3.88. The minimum Gasteiger partial charge on any atom is -0.354 e. The Morgan fingerprint density at radius 3 is 2.48 bits per heavy atom. The Balaban J connectivity index is 1.51. The van der Waals surface area contributed by atoms with Crippen molar-refractivity contribution in [2.45, 2.75) is 12.5 Å². The van der Waals surface area contributed by atoms with Crippen molar-refractivity contribution in [3.8, 4) is 0 Å². The first kappa shape index (κ1) is 20.1. The molecule has 7 heteroatoms. The van der Waals surface area contributed by atoms with Crippen molar-refractivity contribution < 1.29 is 4.39 Å². The van der Waals surface area contributed by atoms with Crippen LogP contribution < -0.4 is 5.32 Å². The molecule has 1 aliphatic rings. The van der Waals surface area contributed by atoms with Crippen LogP contribution in [0.1, 0.15) is 17.0 Å². The molecular weight excluding hydrogens is 410 g/mol. The van der Waals surface area contributed by atoms with E-state index in [0.717, 1.165) is 19.6 Å². The molecule has 0 aliphatic carbocycles. The van der Waals surface area contributed by atoms with Gasteiger partial charge in [0.25, 0.3) is 0 Å². The number of anilines is 1. The summed E-state index contributed by atoms with van der Waals surface area (Å²) in [6.07, 6.45) is 2.34. The SMILES string of the molecule is Fc1cnc(NCC2CN(Cc3ccccc3)CC2c2ccc(Cl)c(Cl)c2)nc1. The van der Waals surface area contributed by atoms with Gasteiger partial charge in [-0.25, -0.2) is 14.4 Å². The maximum Gasteiger partial charge on any atom is 0.222 e. The Morgan fingerprint density at radius 2 is 1.76 bits per heavy atom. The first-order chi connectivity index (χ1) is 14.1. The Kier molecular flexibility index (Phi) is 6.28. The van der Waals surface area contributed by atoms with Crippen LogP contribution in [0.4, 0.5) is 10.3 Å². The van der Waals surface area contributed by atoms with E-state index in [-0.39, 0.29) is 0 Å². The van der Waals surface area contributed by atoms with E-state index in [4.69, 9.17) is 23.2 Å². The van der Waals surface area contributed by atoms with Gasteiger partial charge in [-0.2, -0.15) is 0 Å². The number of aromatic nitrogens is 2. The summed E-state index contributed by atoms with van der Waals surface area (Å²) in [5.41, 5.74) is 2.46. The summed E-state index contributed by atoms with van der Waals surface area (Å²) < 4.78 is 13.1. The smallest absolute Gasteiger partial charge is 0.222 e. The van der Waals surface area contributed by atoms with Crippen molar-refractivity contribution in [2.75, 3.05) is 25.0 Å². The summed E-state index contributed by atoms with van der Waals surface area (Å²) in [5.74, 6) is 0.603. The largest absolute Gasteiger partial charge is 0.354 e. The molecule has 0 saturated carbocycles. The Bertz CT molecular complexity index is 953. The van der Waals surface area contributed by atoms with E-state index in [9.17, 15) is 4.39 Å². The van der Waals surface area contributed by atoms with Gasteiger partial charge in [-0.15, -0.1) is 0 Å². The van der Waals surface area contributed by atoms with Gasteiger partial charge in [-0.3, -0.25) is 4.90 Å². The molecule has 2 heterocycles.